The minimum atomic E-state index is -3.31. The number of sulfone groups is 1. The van der Waals surface area contributed by atoms with Gasteiger partial charge in [0.2, 0.25) is 0 Å². The van der Waals surface area contributed by atoms with Gasteiger partial charge in [0.05, 0.1) is 16.3 Å². The normalized spacial score (nSPS) is 11.7. The number of thioether (sulfide) groups is 1. The summed E-state index contributed by atoms with van der Waals surface area (Å²) in [6.45, 7) is 5.80. The van der Waals surface area contributed by atoms with E-state index in [1.807, 2.05) is 54.9 Å². The first-order valence-corrected chi connectivity index (χ1v) is 11.0. The van der Waals surface area contributed by atoms with Crippen molar-refractivity contribution < 1.29 is 8.42 Å². The predicted molar refractivity (Wildman–Crippen MR) is 107 cm³/mol. The Kier molecular flexibility index (Phi) is 5.53. The van der Waals surface area contributed by atoms with Crippen LogP contribution >= 0.6 is 11.8 Å². The molecule has 0 saturated heterocycles. The summed E-state index contributed by atoms with van der Waals surface area (Å²) in [6.07, 6.45) is 3.65. The lowest BCUT2D eigenvalue weighted by molar-refractivity contribution is 0.597. The van der Waals surface area contributed by atoms with E-state index >= 15 is 0 Å². The molecule has 0 radical (unpaired) electrons. The van der Waals surface area contributed by atoms with Gasteiger partial charge in [0.1, 0.15) is 0 Å². The molecule has 4 nitrogen and oxygen atoms in total. The highest BCUT2D eigenvalue weighted by molar-refractivity contribution is 8.00. The lowest BCUT2D eigenvalue weighted by atomic mass is 10.2. The van der Waals surface area contributed by atoms with E-state index in [-0.39, 0.29) is 5.75 Å². The number of hydrogen-bond acceptors (Lipinski definition) is 4. The Morgan fingerprint density at radius 1 is 1.04 bits per heavy atom. The maximum absolute atomic E-state index is 12.7. The zero-order valence-electron chi connectivity index (χ0n) is 15.1. The molecular weight excluding hydrogens is 364 g/mol. The lowest BCUT2D eigenvalue weighted by Crippen LogP contribution is -2.11. The van der Waals surface area contributed by atoms with Gasteiger partial charge in [0.25, 0.3) is 0 Å². The Bertz CT molecular complexity index is 1020. The van der Waals surface area contributed by atoms with Gasteiger partial charge in [-0.1, -0.05) is 42.1 Å². The van der Waals surface area contributed by atoms with Gasteiger partial charge in [-0.15, -0.1) is 0 Å². The molecule has 3 aromatic rings. The number of imidazole rings is 1. The van der Waals surface area contributed by atoms with Crippen molar-refractivity contribution in [2.45, 2.75) is 30.8 Å². The van der Waals surface area contributed by atoms with Crippen LogP contribution in [0.4, 0.5) is 0 Å². The zero-order valence-corrected chi connectivity index (χ0v) is 16.8. The summed E-state index contributed by atoms with van der Waals surface area (Å²) >= 11 is 1.46. The summed E-state index contributed by atoms with van der Waals surface area (Å²) in [6, 6.07) is 13.6. The minimum absolute atomic E-state index is 0.0859. The van der Waals surface area contributed by atoms with Crippen molar-refractivity contribution in [2.24, 2.45) is 0 Å². The van der Waals surface area contributed by atoms with Crippen LogP contribution in [0.25, 0.3) is 5.69 Å². The third-order valence-electron chi connectivity index (χ3n) is 4.24. The monoisotopic (exact) mass is 386 g/mol. The molecule has 2 aromatic carbocycles. The molecule has 26 heavy (non-hydrogen) atoms. The van der Waals surface area contributed by atoms with E-state index in [1.54, 1.807) is 12.3 Å². The average molecular weight is 387 g/mol. The number of rotatable bonds is 6. The zero-order chi connectivity index (χ0) is 18.7. The van der Waals surface area contributed by atoms with E-state index in [1.165, 1.54) is 11.8 Å². The average Bonchev–Trinajstić information content (AvgIpc) is 3.05. The van der Waals surface area contributed by atoms with Crippen molar-refractivity contribution in [2.75, 3.05) is 11.5 Å². The van der Waals surface area contributed by atoms with E-state index in [0.29, 0.717) is 10.6 Å². The summed E-state index contributed by atoms with van der Waals surface area (Å²) in [7, 11) is -3.31. The van der Waals surface area contributed by atoms with Gasteiger partial charge in [-0.2, -0.15) is 0 Å². The highest BCUT2D eigenvalue weighted by Crippen LogP contribution is 2.24. The molecule has 1 aromatic heterocycles. The van der Waals surface area contributed by atoms with Crippen molar-refractivity contribution >= 4 is 21.6 Å². The summed E-state index contributed by atoms with van der Waals surface area (Å²) in [4.78, 5) is 4.82. The SMILES string of the molecule is Cc1ccc(C)c(S(=O)(=O)CCSc2nccn2-c2ccccc2C)c1. The summed E-state index contributed by atoms with van der Waals surface area (Å²) in [5.41, 5.74) is 3.96. The van der Waals surface area contributed by atoms with Crippen molar-refractivity contribution in [3.63, 3.8) is 0 Å². The quantitative estimate of drug-likeness (QED) is 0.591. The van der Waals surface area contributed by atoms with Crippen LogP contribution in [-0.2, 0) is 9.84 Å². The molecule has 0 aliphatic carbocycles. The van der Waals surface area contributed by atoms with E-state index < -0.39 is 9.84 Å². The van der Waals surface area contributed by atoms with Gasteiger partial charge in [0.15, 0.2) is 15.0 Å². The fourth-order valence-corrected chi connectivity index (χ4v) is 5.78. The van der Waals surface area contributed by atoms with Crippen molar-refractivity contribution in [3.8, 4) is 5.69 Å². The van der Waals surface area contributed by atoms with Crippen LogP contribution < -0.4 is 0 Å². The first-order valence-electron chi connectivity index (χ1n) is 8.40. The molecule has 3 rings (SSSR count). The van der Waals surface area contributed by atoms with Crippen LogP contribution in [0.1, 0.15) is 16.7 Å². The molecule has 0 aliphatic heterocycles. The Hall–Kier alpha value is -2.05. The van der Waals surface area contributed by atoms with Crippen LogP contribution in [0.5, 0.6) is 0 Å². The van der Waals surface area contributed by atoms with Crippen molar-refractivity contribution in [3.05, 3.63) is 71.5 Å². The van der Waals surface area contributed by atoms with E-state index in [4.69, 9.17) is 0 Å². The van der Waals surface area contributed by atoms with E-state index in [2.05, 4.69) is 18.0 Å². The van der Waals surface area contributed by atoms with E-state index in [9.17, 15) is 8.42 Å². The Morgan fingerprint density at radius 3 is 2.58 bits per heavy atom. The maximum atomic E-state index is 12.7. The van der Waals surface area contributed by atoms with Gasteiger partial charge >= 0.3 is 0 Å². The van der Waals surface area contributed by atoms with E-state index in [0.717, 1.165) is 27.5 Å². The Morgan fingerprint density at radius 2 is 1.81 bits per heavy atom. The molecule has 136 valence electrons. The Labute approximate surface area is 159 Å². The van der Waals surface area contributed by atoms with Crippen molar-refractivity contribution in [1.82, 2.24) is 9.55 Å². The molecule has 6 heteroatoms. The van der Waals surface area contributed by atoms with Crippen LogP contribution in [0.15, 0.2) is 64.9 Å². The predicted octanol–water partition coefficient (Wildman–Crippen LogP) is 4.36. The summed E-state index contributed by atoms with van der Waals surface area (Å²) in [5, 5.41) is 0.801. The van der Waals surface area contributed by atoms with Crippen molar-refractivity contribution in [1.29, 1.82) is 0 Å². The molecule has 0 bridgehead atoms. The first kappa shape index (κ1) is 18.7. The van der Waals surface area contributed by atoms with Gasteiger partial charge in [-0.3, -0.25) is 4.57 Å². The number of para-hydroxylation sites is 1. The van der Waals surface area contributed by atoms with Crippen LogP contribution in [0.2, 0.25) is 0 Å². The topological polar surface area (TPSA) is 52.0 Å². The number of benzene rings is 2. The smallest absolute Gasteiger partial charge is 0.179 e. The molecule has 0 amide bonds. The van der Waals surface area contributed by atoms with Gasteiger partial charge in [-0.25, -0.2) is 13.4 Å². The second-order valence-corrected chi connectivity index (χ2v) is 9.44. The number of aryl methyl sites for hydroxylation is 3. The lowest BCUT2D eigenvalue weighted by Gasteiger charge is -2.11. The fourth-order valence-electron chi connectivity index (χ4n) is 2.81. The molecular formula is C20H22N2O2S2. The second-order valence-electron chi connectivity index (χ2n) is 6.30. The highest BCUT2D eigenvalue weighted by Gasteiger charge is 2.18. The fraction of sp³-hybridized carbons (Fsp3) is 0.250. The van der Waals surface area contributed by atoms with Crippen LogP contribution in [0.3, 0.4) is 0 Å². The van der Waals surface area contributed by atoms with Crippen LogP contribution in [0, 0.1) is 20.8 Å². The van der Waals surface area contributed by atoms with Crippen LogP contribution in [-0.4, -0.2) is 29.5 Å². The third-order valence-corrected chi connectivity index (χ3v) is 7.32. The molecule has 1 heterocycles. The Balaban J connectivity index is 1.74. The minimum Gasteiger partial charge on any atom is -0.295 e. The summed E-state index contributed by atoms with van der Waals surface area (Å²) in [5.74, 6) is 0.543. The highest BCUT2D eigenvalue weighted by atomic mass is 32.2. The molecule has 0 aliphatic rings. The molecule has 0 fully saturated rings. The molecule has 0 N–H and O–H groups in total. The summed E-state index contributed by atoms with van der Waals surface area (Å²) < 4.78 is 27.4. The number of hydrogen-bond donors (Lipinski definition) is 0. The third kappa shape index (κ3) is 4.02. The molecule has 0 unspecified atom stereocenters. The second kappa shape index (κ2) is 7.68. The standard InChI is InChI=1S/C20H22N2O2S2/c1-15-8-9-17(3)19(14-15)26(23,24)13-12-25-20-21-10-11-22(20)18-7-5-4-6-16(18)2/h4-11,14H,12-13H2,1-3H3. The van der Waals surface area contributed by atoms with Gasteiger partial charge < -0.3 is 0 Å². The van der Waals surface area contributed by atoms with Gasteiger partial charge in [0, 0.05) is 18.1 Å². The number of nitrogens with zero attached hydrogens (tertiary/aromatic N) is 2. The number of aromatic nitrogens is 2. The first-order chi connectivity index (χ1) is 12.4. The largest absolute Gasteiger partial charge is 0.295 e. The molecule has 0 spiro atoms. The molecule has 0 atom stereocenters. The molecule has 0 saturated carbocycles. The van der Waals surface area contributed by atoms with Gasteiger partial charge in [-0.05, 0) is 49.6 Å². The maximum Gasteiger partial charge on any atom is 0.179 e.